The highest BCUT2D eigenvalue weighted by Crippen LogP contribution is 2.27. The Morgan fingerprint density at radius 3 is 2.70 bits per heavy atom. The molecule has 0 radical (unpaired) electrons. The fourth-order valence-electron chi connectivity index (χ4n) is 2.75. The summed E-state index contributed by atoms with van der Waals surface area (Å²) in [5.74, 6) is -0.893. The van der Waals surface area contributed by atoms with Gasteiger partial charge in [0.15, 0.2) is 0 Å². The number of halogens is 3. The Hall–Kier alpha value is -1.85. The lowest BCUT2D eigenvalue weighted by Crippen LogP contribution is -2.36. The molecule has 0 bridgehead atoms. The first-order valence-corrected chi connectivity index (χ1v) is 7.93. The third-order valence-electron chi connectivity index (χ3n) is 4.03. The van der Waals surface area contributed by atoms with Crippen LogP contribution in [0.4, 0.5) is 18.9 Å². The molecule has 1 aromatic carbocycles. The van der Waals surface area contributed by atoms with E-state index in [1.165, 1.54) is 0 Å². The average Bonchev–Trinajstić information content (AvgIpc) is 2.79. The predicted octanol–water partition coefficient (Wildman–Crippen LogP) is 4.70. The third-order valence-corrected chi connectivity index (χ3v) is 4.03. The van der Waals surface area contributed by atoms with Crippen molar-refractivity contribution in [3.8, 4) is 0 Å². The van der Waals surface area contributed by atoms with E-state index in [1.807, 2.05) is 24.4 Å². The molecular weight excluding hydrogens is 303 g/mol. The van der Waals surface area contributed by atoms with Gasteiger partial charge in [0.25, 0.3) is 0 Å². The van der Waals surface area contributed by atoms with Crippen molar-refractivity contribution >= 4 is 17.6 Å². The quantitative estimate of drug-likeness (QED) is 0.732. The van der Waals surface area contributed by atoms with Crippen LogP contribution in [-0.4, -0.2) is 30.7 Å². The van der Waals surface area contributed by atoms with E-state index in [1.54, 1.807) is 12.1 Å². The van der Waals surface area contributed by atoms with E-state index in [2.05, 4.69) is 10.3 Å². The number of nitrogens with zero attached hydrogens (tertiary/aromatic N) is 1. The lowest BCUT2D eigenvalue weighted by molar-refractivity contribution is -0.0638. The van der Waals surface area contributed by atoms with Crippen molar-refractivity contribution in [1.82, 2.24) is 0 Å². The average molecular weight is 325 g/mol. The molecule has 2 rings (SSSR count). The molecule has 2 N–H and O–H groups in total. The summed E-state index contributed by atoms with van der Waals surface area (Å²) in [4.78, 5) is 4.37. The summed E-state index contributed by atoms with van der Waals surface area (Å²) in [6.07, 6.45) is 1.18. The first-order chi connectivity index (χ1) is 11.0. The second kappa shape index (κ2) is 8.13. The molecule has 2 unspecified atom stereocenters. The molecule has 3 nitrogen and oxygen atoms in total. The fourth-order valence-corrected chi connectivity index (χ4v) is 2.75. The molecule has 1 aromatic rings. The molecular formula is C17H22F3N3. The number of benzene rings is 1. The number of alkyl halides is 3. The highest BCUT2D eigenvalue weighted by Gasteiger charge is 2.39. The second-order valence-electron chi connectivity index (χ2n) is 5.86. The van der Waals surface area contributed by atoms with E-state index in [-0.39, 0.29) is 19.0 Å². The Morgan fingerprint density at radius 1 is 1.26 bits per heavy atom. The summed E-state index contributed by atoms with van der Waals surface area (Å²) in [5.41, 5.74) is -0.405. The molecule has 1 aliphatic rings. The molecule has 0 aromatic heterocycles. The SMILES string of the molecule is N=C(C(CNc1ccccc1)CC1CCCCC=N1)C(F)(F)F. The van der Waals surface area contributed by atoms with Gasteiger partial charge in [-0.15, -0.1) is 0 Å². The summed E-state index contributed by atoms with van der Waals surface area (Å²) in [6.45, 7) is 0.0916. The van der Waals surface area contributed by atoms with Crippen molar-refractivity contribution in [2.45, 2.75) is 44.3 Å². The van der Waals surface area contributed by atoms with Gasteiger partial charge in [0.2, 0.25) is 0 Å². The van der Waals surface area contributed by atoms with Crippen LogP contribution in [0, 0.1) is 11.3 Å². The molecule has 1 heterocycles. The van der Waals surface area contributed by atoms with Crippen molar-refractivity contribution in [2.75, 3.05) is 11.9 Å². The highest BCUT2D eigenvalue weighted by molar-refractivity contribution is 5.89. The number of aliphatic imine (C=N–C) groups is 1. The van der Waals surface area contributed by atoms with Gasteiger partial charge in [-0.3, -0.25) is 4.99 Å². The van der Waals surface area contributed by atoms with E-state index in [9.17, 15) is 13.2 Å². The van der Waals surface area contributed by atoms with Crippen molar-refractivity contribution in [3.63, 3.8) is 0 Å². The Kier molecular flexibility index (Phi) is 6.19. The van der Waals surface area contributed by atoms with Crippen molar-refractivity contribution in [3.05, 3.63) is 30.3 Å². The normalized spacial score (nSPS) is 19.9. The number of anilines is 1. The zero-order valence-electron chi connectivity index (χ0n) is 12.9. The first kappa shape index (κ1) is 17.5. The zero-order chi connectivity index (χ0) is 16.7. The number of hydrogen-bond acceptors (Lipinski definition) is 3. The summed E-state index contributed by atoms with van der Waals surface area (Å²) in [7, 11) is 0. The maximum atomic E-state index is 13.0. The van der Waals surface area contributed by atoms with Crippen LogP contribution < -0.4 is 5.32 Å². The molecule has 0 aliphatic carbocycles. The Balaban J connectivity index is 2.03. The van der Waals surface area contributed by atoms with E-state index in [4.69, 9.17) is 5.41 Å². The molecule has 126 valence electrons. The van der Waals surface area contributed by atoms with E-state index in [0.717, 1.165) is 31.4 Å². The number of nitrogens with one attached hydrogen (secondary N) is 2. The van der Waals surface area contributed by atoms with Crippen molar-refractivity contribution in [2.24, 2.45) is 10.9 Å². The second-order valence-corrected chi connectivity index (χ2v) is 5.86. The van der Waals surface area contributed by atoms with Crippen LogP contribution in [0.5, 0.6) is 0 Å². The number of rotatable bonds is 6. The minimum atomic E-state index is -4.59. The van der Waals surface area contributed by atoms with Gasteiger partial charge in [0.05, 0.1) is 6.04 Å². The predicted molar refractivity (Wildman–Crippen MR) is 87.6 cm³/mol. The van der Waals surface area contributed by atoms with Crippen molar-refractivity contribution in [1.29, 1.82) is 5.41 Å². The van der Waals surface area contributed by atoms with Gasteiger partial charge >= 0.3 is 6.18 Å². The van der Waals surface area contributed by atoms with Gasteiger partial charge in [0.1, 0.15) is 5.71 Å². The zero-order valence-corrected chi connectivity index (χ0v) is 12.9. The Bertz CT molecular complexity index is 526. The minimum Gasteiger partial charge on any atom is -0.384 e. The van der Waals surface area contributed by atoms with Gasteiger partial charge in [0, 0.05) is 18.2 Å². The minimum absolute atomic E-state index is 0.0916. The summed E-state index contributed by atoms with van der Waals surface area (Å²) in [5, 5.41) is 10.5. The van der Waals surface area contributed by atoms with Crippen molar-refractivity contribution < 1.29 is 13.2 Å². The van der Waals surface area contributed by atoms with Gasteiger partial charge in [-0.1, -0.05) is 24.6 Å². The van der Waals surface area contributed by atoms with Crippen LogP contribution in [0.25, 0.3) is 0 Å². The monoisotopic (exact) mass is 325 g/mol. The Morgan fingerprint density at radius 2 is 2.00 bits per heavy atom. The molecule has 0 saturated heterocycles. The highest BCUT2D eigenvalue weighted by atomic mass is 19.4. The van der Waals surface area contributed by atoms with E-state index >= 15 is 0 Å². The topological polar surface area (TPSA) is 48.2 Å². The molecule has 0 fully saturated rings. The first-order valence-electron chi connectivity index (χ1n) is 7.93. The Labute approximate surface area is 134 Å². The van der Waals surface area contributed by atoms with Crippen LogP contribution in [0.3, 0.4) is 0 Å². The molecule has 23 heavy (non-hydrogen) atoms. The van der Waals surface area contributed by atoms with Gasteiger partial charge < -0.3 is 10.7 Å². The lowest BCUT2D eigenvalue weighted by atomic mass is 9.92. The molecule has 0 saturated carbocycles. The summed E-state index contributed by atoms with van der Waals surface area (Å²) < 4.78 is 38.9. The van der Waals surface area contributed by atoms with Crippen LogP contribution >= 0.6 is 0 Å². The van der Waals surface area contributed by atoms with Gasteiger partial charge in [-0.2, -0.15) is 13.2 Å². The number of hydrogen-bond donors (Lipinski definition) is 2. The molecule has 6 heteroatoms. The van der Waals surface area contributed by atoms with Crippen LogP contribution in [0.2, 0.25) is 0 Å². The van der Waals surface area contributed by atoms with E-state index < -0.39 is 17.8 Å². The van der Waals surface area contributed by atoms with Crippen LogP contribution in [0.1, 0.15) is 32.1 Å². The number of para-hydroxylation sites is 1. The van der Waals surface area contributed by atoms with Gasteiger partial charge in [-0.25, -0.2) is 0 Å². The maximum Gasteiger partial charge on any atom is 0.429 e. The molecule has 2 atom stereocenters. The standard InChI is InChI=1S/C17H22F3N3/c18-17(19,20)16(21)13(11-15-9-5-2-6-10-22-15)12-23-14-7-3-1-4-8-14/h1,3-4,7-8,10,13,15,21,23H,2,5-6,9,11-12H2. The molecule has 0 amide bonds. The summed E-state index contributed by atoms with van der Waals surface area (Å²) >= 11 is 0. The lowest BCUT2D eigenvalue weighted by Gasteiger charge is -2.23. The van der Waals surface area contributed by atoms with Crippen LogP contribution in [-0.2, 0) is 0 Å². The van der Waals surface area contributed by atoms with E-state index in [0.29, 0.717) is 0 Å². The largest absolute Gasteiger partial charge is 0.429 e. The van der Waals surface area contributed by atoms with Gasteiger partial charge in [-0.05, 0) is 44.0 Å². The molecule has 1 aliphatic heterocycles. The maximum absolute atomic E-state index is 13.0. The fraction of sp³-hybridized carbons (Fsp3) is 0.529. The third kappa shape index (κ3) is 5.69. The smallest absolute Gasteiger partial charge is 0.384 e. The summed E-state index contributed by atoms with van der Waals surface area (Å²) in [6, 6.07) is 8.98. The van der Waals surface area contributed by atoms with Crippen LogP contribution in [0.15, 0.2) is 35.3 Å². The molecule has 0 spiro atoms.